The number of nitrogens with two attached hydrogens (primary N) is 1. The first-order valence-electron chi connectivity index (χ1n) is 11.1. The van der Waals surface area contributed by atoms with E-state index in [-0.39, 0.29) is 41.2 Å². The van der Waals surface area contributed by atoms with Crippen LogP contribution in [0.25, 0.3) is 0 Å². The number of amides is 1. The maximum Gasteiger partial charge on any atom is 0.416 e. The van der Waals surface area contributed by atoms with Crippen LogP contribution in [-0.2, 0) is 24.6 Å². The third-order valence-corrected chi connectivity index (χ3v) is 6.04. The van der Waals surface area contributed by atoms with Gasteiger partial charge in [0.2, 0.25) is 0 Å². The Labute approximate surface area is 207 Å². The van der Waals surface area contributed by atoms with Crippen LogP contribution in [0, 0.1) is 5.82 Å². The number of hydrogen-bond donors (Lipinski definition) is 1. The van der Waals surface area contributed by atoms with Crippen molar-refractivity contribution in [2.75, 3.05) is 12.3 Å². The van der Waals surface area contributed by atoms with Crippen molar-refractivity contribution >= 4 is 23.2 Å². The molecule has 0 heterocycles. The molecule has 0 radical (unpaired) electrons. The Kier molecular flexibility index (Phi) is 7.80. The number of alkyl halides is 3. The van der Waals surface area contributed by atoms with Gasteiger partial charge in [0.05, 0.1) is 16.1 Å². The Morgan fingerprint density at radius 2 is 1.60 bits per heavy atom. The molecule has 8 heteroatoms. The topological polar surface area (TPSA) is 46.3 Å². The van der Waals surface area contributed by atoms with Crippen molar-refractivity contribution in [3.05, 3.63) is 99.3 Å². The van der Waals surface area contributed by atoms with Gasteiger partial charge in [-0.25, -0.2) is 4.39 Å². The zero-order chi connectivity index (χ0) is 26.0. The lowest BCUT2D eigenvalue weighted by Gasteiger charge is -2.25. The van der Waals surface area contributed by atoms with Gasteiger partial charge in [-0.3, -0.25) is 4.79 Å². The van der Waals surface area contributed by atoms with Crippen LogP contribution in [0.4, 0.5) is 23.2 Å². The number of carbonyl (C=O) groups is 1. The molecule has 0 aliphatic heterocycles. The molecule has 186 valence electrons. The maximum absolute atomic E-state index is 14.8. The van der Waals surface area contributed by atoms with Gasteiger partial charge in [0.1, 0.15) is 0 Å². The highest BCUT2D eigenvalue weighted by atomic mass is 35.5. The lowest BCUT2D eigenvalue weighted by atomic mass is 9.87. The Morgan fingerprint density at radius 1 is 0.943 bits per heavy atom. The van der Waals surface area contributed by atoms with Gasteiger partial charge in [0.15, 0.2) is 5.82 Å². The van der Waals surface area contributed by atoms with Gasteiger partial charge in [0, 0.05) is 18.8 Å². The van der Waals surface area contributed by atoms with E-state index in [0.717, 1.165) is 23.3 Å². The second-order valence-corrected chi connectivity index (χ2v) is 9.85. The van der Waals surface area contributed by atoms with Crippen molar-refractivity contribution in [3.63, 3.8) is 0 Å². The number of rotatable bonds is 6. The molecular formula is C27H27ClF4N2O. The summed E-state index contributed by atoms with van der Waals surface area (Å²) in [5.41, 5.74) is 6.94. The van der Waals surface area contributed by atoms with Crippen LogP contribution in [0.2, 0.25) is 5.02 Å². The zero-order valence-corrected chi connectivity index (χ0v) is 20.5. The normalized spacial score (nSPS) is 12.0. The van der Waals surface area contributed by atoms with Crippen LogP contribution in [-0.4, -0.2) is 17.4 Å². The van der Waals surface area contributed by atoms with Gasteiger partial charge in [0.25, 0.3) is 5.91 Å². The van der Waals surface area contributed by atoms with Crippen LogP contribution in [0.5, 0.6) is 0 Å². The molecular weight excluding hydrogens is 480 g/mol. The van der Waals surface area contributed by atoms with E-state index in [4.69, 9.17) is 17.3 Å². The van der Waals surface area contributed by atoms with Crippen molar-refractivity contribution in [3.8, 4) is 0 Å². The minimum Gasteiger partial charge on any atom is -0.398 e. The fraction of sp³-hybridized carbons (Fsp3) is 0.296. The summed E-state index contributed by atoms with van der Waals surface area (Å²) in [6.45, 7) is 6.41. The number of benzene rings is 3. The summed E-state index contributed by atoms with van der Waals surface area (Å²) in [4.78, 5) is 14.8. The highest BCUT2D eigenvalue weighted by Crippen LogP contribution is 2.30. The Hall–Kier alpha value is -3.06. The molecule has 35 heavy (non-hydrogen) atoms. The minimum absolute atomic E-state index is 0.0482. The molecule has 3 aromatic rings. The first-order chi connectivity index (χ1) is 16.3. The van der Waals surface area contributed by atoms with Crippen molar-refractivity contribution in [1.29, 1.82) is 0 Å². The average molecular weight is 507 g/mol. The van der Waals surface area contributed by atoms with Crippen LogP contribution < -0.4 is 5.73 Å². The Bertz CT molecular complexity index is 1200. The molecule has 0 unspecified atom stereocenters. The van der Waals surface area contributed by atoms with Gasteiger partial charge in [-0.1, -0.05) is 74.8 Å². The summed E-state index contributed by atoms with van der Waals surface area (Å²) in [6.07, 6.45) is -4.34. The van der Waals surface area contributed by atoms with E-state index in [2.05, 4.69) is 20.8 Å². The van der Waals surface area contributed by atoms with E-state index >= 15 is 0 Å². The molecule has 0 saturated carbocycles. The molecule has 0 saturated heterocycles. The number of nitrogen functional groups attached to an aromatic ring is 1. The quantitative estimate of drug-likeness (QED) is 0.282. The van der Waals surface area contributed by atoms with Gasteiger partial charge in [-0.15, -0.1) is 0 Å². The predicted molar refractivity (Wildman–Crippen MR) is 131 cm³/mol. The summed E-state index contributed by atoms with van der Waals surface area (Å²) in [6, 6.07) is 15.2. The van der Waals surface area contributed by atoms with Crippen molar-refractivity contribution in [1.82, 2.24) is 4.90 Å². The van der Waals surface area contributed by atoms with E-state index in [0.29, 0.717) is 5.56 Å². The average Bonchev–Trinajstić information content (AvgIpc) is 2.78. The van der Waals surface area contributed by atoms with Gasteiger partial charge in [-0.05, 0) is 46.7 Å². The molecule has 3 rings (SSSR count). The van der Waals surface area contributed by atoms with Crippen molar-refractivity contribution in [2.24, 2.45) is 0 Å². The SMILES string of the molecule is CC(C)(C)c1ccc(CN(CCc2cccc(C(F)(F)F)c2)C(=O)c2c(N)ccc(Cl)c2F)cc1. The number of anilines is 1. The van der Waals surface area contributed by atoms with Gasteiger partial charge in [-0.2, -0.15) is 13.2 Å². The lowest BCUT2D eigenvalue weighted by molar-refractivity contribution is -0.137. The van der Waals surface area contributed by atoms with Crippen LogP contribution in [0.15, 0.2) is 60.7 Å². The highest BCUT2D eigenvalue weighted by molar-refractivity contribution is 6.31. The summed E-state index contributed by atoms with van der Waals surface area (Å²) >= 11 is 5.88. The van der Waals surface area contributed by atoms with E-state index in [1.54, 1.807) is 6.07 Å². The fourth-order valence-electron chi connectivity index (χ4n) is 3.69. The lowest BCUT2D eigenvalue weighted by Crippen LogP contribution is -2.33. The number of nitrogens with zero attached hydrogens (tertiary/aromatic N) is 1. The maximum atomic E-state index is 14.8. The predicted octanol–water partition coefficient (Wildman–Crippen LogP) is 7.26. The molecule has 1 amide bonds. The number of halogens is 5. The van der Waals surface area contributed by atoms with Crippen molar-refractivity contribution in [2.45, 2.75) is 45.3 Å². The molecule has 3 aromatic carbocycles. The summed E-state index contributed by atoms with van der Waals surface area (Å²) in [7, 11) is 0. The smallest absolute Gasteiger partial charge is 0.398 e. The van der Waals surface area contributed by atoms with Crippen LogP contribution in [0.3, 0.4) is 0 Å². The summed E-state index contributed by atoms with van der Waals surface area (Å²) < 4.78 is 54.1. The Morgan fingerprint density at radius 3 is 2.20 bits per heavy atom. The Balaban J connectivity index is 1.91. The molecule has 0 aliphatic rings. The molecule has 0 atom stereocenters. The molecule has 3 nitrogen and oxygen atoms in total. The second-order valence-electron chi connectivity index (χ2n) is 9.45. The van der Waals surface area contributed by atoms with E-state index in [1.807, 2.05) is 24.3 Å². The van der Waals surface area contributed by atoms with Crippen LogP contribution in [0.1, 0.15) is 53.4 Å². The second kappa shape index (κ2) is 10.3. The third-order valence-electron chi connectivity index (χ3n) is 5.75. The van der Waals surface area contributed by atoms with Gasteiger partial charge < -0.3 is 10.6 Å². The minimum atomic E-state index is -4.47. The number of carbonyl (C=O) groups excluding carboxylic acids is 1. The molecule has 0 bridgehead atoms. The van der Waals surface area contributed by atoms with E-state index < -0.39 is 23.5 Å². The molecule has 0 fully saturated rings. The summed E-state index contributed by atoms with van der Waals surface area (Å²) in [5.74, 6) is -1.61. The summed E-state index contributed by atoms with van der Waals surface area (Å²) in [5, 5.41) is -0.241. The third kappa shape index (κ3) is 6.54. The number of hydrogen-bond acceptors (Lipinski definition) is 2. The first kappa shape index (κ1) is 26.5. The van der Waals surface area contributed by atoms with E-state index in [9.17, 15) is 22.4 Å². The monoisotopic (exact) mass is 506 g/mol. The molecule has 2 N–H and O–H groups in total. The molecule has 0 aromatic heterocycles. The first-order valence-corrected chi connectivity index (χ1v) is 11.4. The van der Waals surface area contributed by atoms with Crippen LogP contribution >= 0.6 is 11.6 Å². The molecule has 0 aliphatic carbocycles. The zero-order valence-electron chi connectivity index (χ0n) is 19.7. The highest BCUT2D eigenvalue weighted by Gasteiger charge is 2.30. The van der Waals surface area contributed by atoms with Crippen molar-refractivity contribution < 1.29 is 22.4 Å². The fourth-order valence-corrected chi connectivity index (χ4v) is 3.85. The molecule has 0 spiro atoms. The largest absolute Gasteiger partial charge is 0.416 e. The van der Waals surface area contributed by atoms with E-state index in [1.165, 1.54) is 23.1 Å². The standard InChI is InChI=1S/C27H27ClF4N2O/c1-26(2,3)19-9-7-18(8-10-19)16-34(25(35)23-22(33)12-11-21(28)24(23)29)14-13-17-5-4-6-20(15-17)27(30,31)32/h4-12,15H,13-14,16,33H2,1-3H3. The van der Waals surface area contributed by atoms with Gasteiger partial charge >= 0.3 is 6.18 Å².